The summed E-state index contributed by atoms with van der Waals surface area (Å²) in [6.45, 7) is 0. The first-order valence-electron chi connectivity index (χ1n) is 5.14. The van der Waals surface area contributed by atoms with E-state index in [0.717, 1.165) is 5.56 Å². The van der Waals surface area contributed by atoms with Crippen molar-refractivity contribution in [3.8, 4) is 0 Å². The summed E-state index contributed by atoms with van der Waals surface area (Å²) in [7, 11) is 1.66. The second-order valence-corrected chi connectivity index (χ2v) is 4.01. The van der Waals surface area contributed by atoms with Crippen LogP contribution in [-0.2, 0) is 9.59 Å². The van der Waals surface area contributed by atoms with Gasteiger partial charge in [0, 0.05) is 13.5 Å². The molecule has 1 heterocycles. The van der Waals surface area contributed by atoms with Gasteiger partial charge < -0.3 is 10.0 Å². The van der Waals surface area contributed by atoms with Crippen molar-refractivity contribution in [2.45, 2.75) is 12.5 Å². The van der Waals surface area contributed by atoms with Gasteiger partial charge in [-0.05, 0) is 5.56 Å². The third-order valence-electron chi connectivity index (χ3n) is 3.04. The maximum atomic E-state index is 11.5. The molecule has 16 heavy (non-hydrogen) atoms. The van der Waals surface area contributed by atoms with E-state index in [0.29, 0.717) is 0 Å². The number of carbonyl (C=O) groups excluding carboxylic acids is 1. The Labute approximate surface area is 93.5 Å². The van der Waals surface area contributed by atoms with Gasteiger partial charge in [0.1, 0.15) is 0 Å². The van der Waals surface area contributed by atoms with Crippen LogP contribution in [0.1, 0.15) is 18.0 Å². The Kier molecular flexibility index (Phi) is 2.64. The highest BCUT2D eigenvalue weighted by atomic mass is 16.4. The van der Waals surface area contributed by atoms with Gasteiger partial charge in [-0.1, -0.05) is 30.3 Å². The van der Waals surface area contributed by atoms with Crippen LogP contribution in [0.4, 0.5) is 0 Å². The van der Waals surface area contributed by atoms with Crippen LogP contribution in [0.15, 0.2) is 30.3 Å². The Morgan fingerprint density at radius 3 is 2.56 bits per heavy atom. The molecule has 0 aliphatic carbocycles. The number of nitrogens with zero attached hydrogens (tertiary/aromatic N) is 1. The van der Waals surface area contributed by atoms with Crippen molar-refractivity contribution in [1.29, 1.82) is 0 Å². The van der Waals surface area contributed by atoms with E-state index in [4.69, 9.17) is 5.11 Å². The molecule has 1 fully saturated rings. The maximum absolute atomic E-state index is 11.5. The highest BCUT2D eigenvalue weighted by molar-refractivity contribution is 5.87. The highest BCUT2D eigenvalue weighted by Gasteiger charge is 2.42. The topological polar surface area (TPSA) is 57.6 Å². The van der Waals surface area contributed by atoms with E-state index in [1.807, 2.05) is 30.3 Å². The predicted molar refractivity (Wildman–Crippen MR) is 57.7 cm³/mol. The number of carbonyl (C=O) groups is 2. The number of benzene rings is 1. The quantitative estimate of drug-likeness (QED) is 0.815. The summed E-state index contributed by atoms with van der Waals surface area (Å²) in [5, 5.41) is 9.10. The highest BCUT2D eigenvalue weighted by Crippen LogP contribution is 2.36. The molecule has 1 aliphatic rings. The maximum Gasteiger partial charge on any atom is 0.309 e. The van der Waals surface area contributed by atoms with Gasteiger partial charge in [-0.25, -0.2) is 0 Å². The summed E-state index contributed by atoms with van der Waals surface area (Å²) in [5.41, 5.74) is 0.878. The second kappa shape index (κ2) is 3.96. The standard InChI is InChI=1S/C12H13NO3/c1-13-10(14)7-9(12(15)16)11(13)8-5-3-2-4-6-8/h2-6,9,11H,7H2,1H3,(H,15,16)/t9-,11-/m0/s1. The van der Waals surface area contributed by atoms with E-state index in [1.54, 1.807) is 7.05 Å². The molecule has 84 valence electrons. The van der Waals surface area contributed by atoms with Crippen LogP contribution in [-0.4, -0.2) is 28.9 Å². The van der Waals surface area contributed by atoms with Gasteiger partial charge in [0.15, 0.2) is 0 Å². The summed E-state index contributed by atoms with van der Waals surface area (Å²) in [4.78, 5) is 24.2. The Hall–Kier alpha value is -1.84. The number of rotatable bonds is 2. The number of carboxylic acid groups (broad SMARTS) is 1. The first-order valence-corrected chi connectivity index (χ1v) is 5.14. The summed E-state index contributed by atoms with van der Waals surface area (Å²) in [6.07, 6.45) is 0.0887. The van der Waals surface area contributed by atoms with Crippen LogP contribution in [0.3, 0.4) is 0 Å². The largest absolute Gasteiger partial charge is 0.481 e. The molecule has 1 aromatic carbocycles. The molecule has 2 rings (SSSR count). The van der Waals surface area contributed by atoms with Crippen molar-refractivity contribution in [2.24, 2.45) is 5.92 Å². The third kappa shape index (κ3) is 1.66. The molecule has 0 bridgehead atoms. The van der Waals surface area contributed by atoms with Crippen LogP contribution >= 0.6 is 0 Å². The Bertz CT molecular complexity index is 416. The Balaban J connectivity index is 2.37. The lowest BCUT2D eigenvalue weighted by atomic mass is 9.94. The lowest BCUT2D eigenvalue weighted by Crippen LogP contribution is -2.26. The first-order chi connectivity index (χ1) is 7.61. The number of hydrogen-bond donors (Lipinski definition) is 1. The minimum absolute atomic E-state index is 0.0887. The minimum atomic E-state index is -0.911. The van der Waals surface area contributed by atoms with Gasteiger partial charge in [0.2, 0.25) is 5.91 Å². The summed E-state index contributed by atoms with van der Waals surface area (Å²) in [5.74, 6) is -1.66. The fourth-order valence-corrected chi connectivity index (χ4v) is 2.20. The molecule has 4 nitrogen and oxygen atoms in total. The Morgan fingerprint density at radius 1 is 1.38 bits per heavy atom. The monoisotopic (exact) mass is 219 g/mol. The predicted octanol–water partition coefficient (Wildman–Crippen LogP) is 1.29. The van der Waals surface area contributed by atoms with Gasteiger partial charge >= 0.3 is 5.97 Å². The van der Waals surface area contributed by atoms with Gasteiger partial charge in [-0.15, -0.1) is 0 Å². The van der Waals surface area contributed by atoms with Crippen LogP contribution in [0.25, 0.3) is 0 Å². The summed E-state index contributed by atoms with van der Waals surface area (Å²) in [6, 6.07) is 8.95. The van der Waals surface area contributed by atoms with E-state index in [-0.39, 0.29) is 18.4 Å². The van der Waals surface area contributed by atoms with Crippen LogP contribution in [0.2, 0.25) is 0 Å². The number of aliphatic carboxylic acids is 1. The molecule has 0 radical (unpaired) electrons. The molecule has 0 spiro atoms. The summed E-state index contributed by atoms with van der Waals surface area (Å²) < 4.78 is 0. The van der Waals surface area contributed by atoms with Crippen molar-refractivity contribution in [3.05, 3.63) is 35.9 Å². The second-order valence-electron chi connectivity index (χ2n) is 4.01. The van der Waals surface area contributed by atoms with Crippen molar-refractivity contribution < 1.29 is 14.7 Å². The van der Waals surface area contributed by atoms with Crippen LogP contribution in [0, 0.1) is 5.92 Å². The molecule has 1 aromatic rings. The minimum Gasteiger partial charge on any atom is -0.481 e. The molecular formula is C12H13NO3. The molecule has 1 saturated heterocycles. The van der Waals surface area contributed by atoms with E-state index in [1.165, 1.54) is 4.90 Å². The zero-order valence-electron chi connectivity index (χ0n) is 8.96. The lowest BCUT2D eigenvalue weighted by Gasteiger charge is -2.23. The number of amides is 1. The molecule has 1 aliphatic heterocycles. The van der Waals surface area contributed by atoms with E-state index >= 15 is 0 Å². The van der Waals surface area contributed by atoms with Crippen LogP contribution < -0.4 is 0 Å². The van der Waals surface area contributed by atoms with Crippen molar-refractivity contribution in [1.82, 2.24) is 4.90 Å². The molecule has 2 atom stereocenters. The van der Waals surface area contributed by atoms with Gasteiger partial charge in [0.05, 0.1) is 12.0 Å². The smallest absolute Gasteiger partial charge is 0.309 e. The van der Waals surface area contributed by atoms with E-state index < -0.39 is 11.9 Å². The van der Waals surface area contributed by atoms with Gasteiger partial charge in [0.25, 0.3) is 0 Å². The van der Waals surface area contributed by atoms with Crippen molar-refractivity contribution in [3.63, 3.8) is 0 Å². The number of likely N-dealkylation sites (tertiary alicyclic amines) is 1. The van der Waals surface area contributed by atoms with Gasteiger partial charge in [-0.2, -0.15) is 0 Å². The average molecular weight is 219 g/mol. The van der Waals surface area contributed by atoms with Crippen molar-refractivity contribution >= 4 is 11.9 Å². The fourth-order valence-electron chi connectivity index (χ4n) is 2.20. The summed E-state index contributed by atoms with van der Waals surface area (Å²) >= 11 is 0. The van der Waals surface area contributed by atoms with Gasteiger partial charge in [-0.3, -0.25) is 9.59 Å². The molecule has 0 saturated carbocycles. The van der Waals surface area contributed by atoms with E-state index in [9.17, 15) is 9.59 Å². The normalized spacial score (nSPS) is 24.8. The number of carboxylic acids is 1. The zero-order chi connectivity index (χ0) is 11.7. The zero-order valence-corrected chi connectivity index (χ0v) is 8.96. The van der Waals surface area contributed by atoms with Crippen molar-refractivity contribution in [2.75, 3.05) is 7.05 Å². The first kappa shape index (κ1) is 10.7. The molecule has 0 unspecified atom stereocenters. The fraction of sp³-hybridized carbons (Fsp3) is 0.333. The number of hydrogen-bond acceptors (Lipinski definition) is 2. The molecule has 1 N–H and O–H groups in total. The van der Waals surface area contributed by atoms with Crippen LogP contribution in [0.5, 0.6) is 0 Å². The molecule has 4 heteroatoms. The van der Waals surface area contributed by atoms with E-state index in [2.05, 4.69) is 0 Å². The molecule has 1 amide bonds. The third-order valence-corrected chi connectivity index (χ3v) is 3.04. The molecular weight excluding hydrogens is 206 g/mol. The lowest BCUT2D eigenvalue weighted by molar-refractivity contribution is -0.142. The molecule has 0 aromatic heterocycles. The average Bonchev–Trinajstić information content (AvgIpc) is 2.57. The SMILES string of the molecule is CN1C(=O)C[C@H](C(=O)O)[C@@H]1c1ccccc1. The Morgan fingerprint density at radius 2 is 2.00 bits per heavy atom.